The Hall–Kier alpha value is -1.55. The first-order chi connectivity index (χ1) is 8.74. The van der Waals surface area contributed by atoms with Crippen molar-refractivity contribution in [3.05, 3.63) is 29.8 Å². The number of hydrogen-bond donors (Lipinski definition) is 1. The number of carbonyl (C=O) groups excluding carboxylic acids is 1. The standard InChI is InChI=1S/C14H20N2O2/c1-3-18-9-8-16(2)14(17)12-10-15-13-7-5-4-6-11(12)13/h4-7,12,15H,3,8-10H2,1-2H3. The maximum absolute atomic E-state index is 12.3. The molecule has 0 saturated carbocycles. The van der Waals surface area contributed by atoms with Gasteiger partial charge in [-0.3, -0.25) is 4.79 Å². The molecule has 1 heterocycles. The van der Waals surface area contributed by atoms with E-state index in [1.807, 2.05) is 38.2 Å². The van der Waals surface area contributed by atoms with E-state index in [2.05, 4.69) is 5.32 Å². The summed E-state index contributed by atoms with van der Waals surface area (Å²) in [6.07, 6.45) is 0. The molecule has 4 heteroatoms. The van der Waals surface area contributed by atoms with Crippen molar-refractivity contribution in [1.29, 1.82) is 0 Å². The second kappa shape index (κ2) is 5.87. The zero-order valence-electron chi connectivity index (χ0n) is 11.0. The highest BCUT2D eigenvalue weighted by Gasteiger charge is 2.29. The van der Waals surface area contributed by atoms with Crippen molar-refractivity contribution in [1.82, 2.24) is 4.90 Å². The number of nitrogens with zero attached hydrogens (tertiary/aromatic N) is 1. The monoisotopic (exact) mass is 248 g/mol. The summed E-state index contributed by atoms with van der Waals surface area (Å²) in [6, 6.07) is 8.00. The fourth-order valence-electron chi connectivity index (χ4n) is 2.23. The average molecular weight is 248 g/mol. The normalized spacial score (nSPS) is 17.1. The highest BCUT2D eigenvalue weighted by Crippen LogP contribution is 2.31. The first kappa shape index (κ1) is 12.9. The Balaban J connectivity index is 1.98. The van der Waals surface area contributed by atoms with E-state index in [1.54, 1.807) is 4.90 Å². The predicted octanol–water partition coefficient (Wildman–Crippen LogP) is 1.69. The van der Waals surface area contributed by atoms with E-state index in [1.165, 1.54) is 0 Å². The minimum Gasteiger partial charge on any atom is -0.384 e. The molecule has 18 heavy (non-hydrogen) atoms. The van der Waals surface area contributed by atoms with Gasteiger partial charge in [-0.2, -0.15) is 0 Å². The van der Waals surface area contributed by atoms with Crippen molar-refractivity contribution < 1.29 is 9.53 Å². The summed E-state index contributed by atoms with van der Waals surface area (Å²) in [5.41, 5.74) is 2.18. The SMILES string of the molecule is CCOCCN(C)C(=O)C1CNc2ccccc21. The van der Waals surface area contributed by atoms with Crippen LogP contribution in [0.15, 0.2) is 24.3 Å². The summed E-state index contributed by atoms with van der Waals surface area (Å²) in [4.78, 5) is 14.1. The topological polar surface area (TPSA) is 41.6 Å². The molecule has 0 radical (unpaired) electrons. The van der Waals surface area contributed by atoms with Gasteiger partial charge < -0.3 is 15.0 Å². The molecule has 1 aromatic rings. The van der Waals surface area contributed by atoms with Gasteiger partial charge in [0, 0.05) is 32.4 Å². The summed E-state index contributed by atoms with van der Waals surface area (Å²) in [5, 5.41) is 3.27. The maximum Gasteiger partial charge on any atom is 0.231 e. The van der Waals surface area contributed by atoms with Crippen LogP contribution in [-0.2, 0) is 9.53 Å². The van der Waals surface area contributed by atoms with Crippen LogP contribution in [0.1, 0.15) is 18.4 Å². The molecule has 1 amide bonds. The number of anilines is 1. The number of carbonyl (C=O) groups is 1. The van der Waals surface area contributed by atoms with Gasteiger partial charge in [0.2, 0.25) is 5.91 Å². The second-order valence-corrected chi connectivity index (χ2v) is 4.48. The van der Waals surface area contributed by atoms with Crippen LogP contribution in [0.5, 0.6) is 0 Å². The second-order valence-electron chi connectivity index (χ2n) is 4.48. The van der Waals surface area contributed by atoms with Crippen molar-refractivity contribution in [2.24, 2.45) is 0 Å². The van der Waals surface area contributed by atoms with Gasteiger partial charge in [0.25, 0.3) is 0 Å². The highest BCUT2D eigenvalue weighted by molar-refractivity contribution is 5.88. The zero-order chi connectivity index (χ0) is 13.0. The van der Waals surface area contributed by atoms with Crippen LogP contribution in [0.25, 0.3) is 0 Å². The minimum atomic E-state index is -0.0622. The summed E-state index contributed by atoms with van der Waals surface area (Å²) in [5.74, 6) is 0.0972. The molecular formula is C14H20N2O2. The number of likely N-dealkylation sites (N-methyl/N-ethyl adjacent to an activating group) is 1. The molecule has 0 aromatic heterocycles. The number of fused-ring (bicyclic) bond motifs is 1. The summed E-state index contributed by atoms with van der Waals surface area (Å²) < 4.78 is 5.28. The summed E-state index contributed by atoms with van der Waals surface area (Å²) >= 11 is 0. The van der Waals surface area contributed by atoms with Crippen LogP contribution >= 0.6 is 0 Å². The Morgan fingerprint density at radius 2 is 2.28 bits per heavy atom. The highest BCUT2D eigenvalue weighted by atomic mass is 16.5. The fraction of sp³-hybridized carbons (Fsp3) is 0.500. The number of ether oxygens (including phenoxy) is 1. The van der Waals surface area contributed by atoms with E-state index in [4.69, 9.17) is 4.74 Å². The molecule has 1 aliphatic heterocycles. The first-order valence-electron chi connectivity index (χ1n) is 6.39. The molecule has 0 bridgehead atoms. The summed E-state index contributed by atoms with van der Waals surface area (Å²) in [6.45, 7) is 4.58. The Bertz CT molecular complexity index is 420. The van der Waals surface area contributed by atoms with Gasteiger partial charge in [-0.1, -0.05) is 18.2 Å². The van der Waals surface area contributed by atoms with Crippen LogP contribution in [0.2, 0.25) is 0 Å². The van der Waals surface area contributed by atoms with Gasteiger partial charge in [0.1, 0.15) is 0 Å². The number of para-hydroxylation sites is 1. The molecule has 4 nitrogen and oxygen atoms in total. The van der Waals surface area contributed by atoms with Crippen LogP contribution in [-0.4, -0.2) is 44.2 Å². The lowest BCUT2D eigenvalue weighted by Gasteiger charge is -2.21. The molecule has 0 fully saturated rings. The Labute approximate surface area is 108 Å². The van der Waals surface area contributed by atoms with E-state index in [0.717, 1.165) is 11.3 Å². The van der Waals surface area contributed by atoms with Crippen LogP contribution in [0.3, 0.4) is 0 Å². The third-order valence-electron chi connectivity index (χ3n) is 3.28. The Morgan fingerprint density at radius 3 is 3.06 bits per heavy atom. The average Bonchev–Trinajstić information content (AvgIpc) is 2.82. The number of amides is 1. The third kappa shape index (κ3) is 2.64. The molecule has 0 spiro atoms. The molecule has 1 aliphatic rings. The van der Waals surface area contributed by atoms with Gasteiger partial charge in [-0.15, -0.1) is 0 Å². The summed E-state index contributed by atoms with van der Waals surface area (Å²) in [7, 11) is 1.84. The lowest BCUT2D eigenvalue weighted by Crippen LogP contribution is -2.35. The Kier molecular flexibility index (Phi) is 4.20. The van der Waals surface area contributed by atoms with Crippen LogP contribution in [0, 0.1) is 0 Å². The maximum atomic E-state index is 12.3. The molecule has 0 aliphatic carbocycles. The van der Waals surface area contributed by atoms with Gasteiger partial charge >= 0.3 is 0 Å². The smallest absolute Gasteiger partial charge is 0.231 e. The number of hydrogen-bond acceptors (Lipinski definition) is 3. The Morgan fingerprint density at radius 1 is 1.50 bits per heavy atom. The lowest BCUT2D eigenvalue weighted by atomic mass is 10.00. The van der Waals surface area contributed by atoms with Gasteiger partial charge in [0.15, 0.2) is 0 Å². The number of benzene rings is 1. The molecule has 1 aromatic carbocycles. The molecule has 2 rings (SSSR count). The largest absolute Gasteiger partial charge is 0.384 e. The quantitative estimate of drug-likeness (QED) is 0.806. The third-order valence-corrected chi connectivity index (χ3v) is 3.28. The van der Waals surface area contributed by atoms with E-state index in [0.29, 0.717) is 26.3 Å². The van der Waals surface area contributed by atoms with Crippen molar-refractivity contribution in [3.8, 4) is 0 Å². The van der Waals surface area contributed by atoms with E-state index < -0.39 is 0 Å². The van der Waals surface area contributed by atoms with Gasteiger partial charge in [-0.25, -0.2) is 0 Å². The molecule has 0 saturated heterocycles. The van der Waals surface area contributed by atoms with Crippen LogP contribution < -0.4 is 5.32 Å². The van der Waals surface area contributed by atoms with Crippen LogP contribution in [0.4, 0.5) is 5.69 Å². The zero-order valence-corrected chi connectivity index (χ0v) is 11.0. The van der Waals surface area contributed by atoms with Crippen molar-refractivity contribution in [3.63, 3.8) is 0 Å². The molecule has 1 atom stereocenters. The van der Waals surface area contributed by atoms with E-state index in [-0.39, 0.29) is 11.8 Å². The molecular weight excluding hydrogens is 228 g/mol. The van der Waals surface area contributed by atoms with Crippen molar-refractivity contribution >= 4 is 11.6 Å². The molecule has 1 unspecified atom stereocenters. The molecule has 1 N–H and O–H groups in total. The molecule has 98 valence electrons. The predicted molar refractivity (Wildman–Crippen MR) is 71.8 cm³/mol. The number of rotatable bonds is 5. The number of nitrogens with one attached hydrogen (secondary N) is 1. The van der Waals surface area contributed by atoms with E-state index in [9.17, 15) is 4.79 Å². The van der Waals surface area contributed by atoms with E-state index >= 15 is 0 Å². The fourth-order valence-corrected chi connectivity index (χ4v) is 2.23. The van der Waals surface area contributed by atoms with Crippen molar-refractivity contribution in [2.75, 3.05) is 38.7 Å². The van der Waals surface area contributed by atoms with Gasteiger partial charge in [0.05, 0.1) is 12.5 Å². The minimum absolute atomic E-state index is 0.0622. The first-order valence-corrected chi connectivity index (χ1v) is 6.39. The van der Waals surface area contributed by atoms with Gasteiger partial charge in [-0.05, 0) is 18.6 Å². The van der Waals surface area contributed by atoms with Crippen molar-refractivity contribution in [2.45, 2.75) is 12.8 Å². The lowest BCUT2D eigenvalue weighted by molar-refractivity contribution is -0.131.